The molecule has 1 fully saturated rings. The van der Waals surface area contributed by atoms with Gasteiger partial charge in [-0.25, -0.2) is 0 Å². The quantitative estimate of drug-likeness (QED) is 0.266. The minimum atomic E-state index is -0.523. The fourth-order valence-corrected chi connectivity index (χ4v) is 4.23. The summed E-state index contributed by atoms with van der Waals surface area (Å²) >= 11 is 18.6. The molecule has 0 bridgehead atoms. The Balaban J connectivity index is 1.61. The van der Waals surface area contributed by atoms with Crippen molar-refractivity contribution < 1.29 is 14.5 Å². The fourth-order valence-electron chi connectivity index (χ4n) is 2.57. The zero-order valence-corrected chi connectivity index (χ0v) is 18.3. The Morgan fingerprint density at radius 1 is 1.23 bits per heavy atom. The number of hydrogen-bond donors (Lipinski definition) is 1. The van der Waals surface area contributed by atoms with Gasteiger partial charge < -0.3 is 5.32 Å². The molecule has 1 saturated heterocycles. The van der Waals surface area contributed by atoms with Gasteiger partial charge in [0, 0.05) is 30.8 Å². The van der Waals surface area contributed by atoms with Gasteiger partial charge in [0.15, 0.2) is 0 Å². The Bertz CT molecular complexity index is 1070. The Morgan fingerprint density at radius 3 is 2.60 bits per heavy atom. The molecule has 11 heteroatoms. The maximum Gasteiger partial charge on any atom is 0.269 e. The standard InChI is InChI=1S/C19H13Cl2N3O4S2/c20-14-3-1-2-11(17(14)21)10-15-18(26)23(19(29)30-15)9-8-16(25)22-12-4-6-13(7-5-12)24(27)28/h1-7,10H,8-9H2,(H,22,25)/b15-10-. The van der Waals surface area contributed by atoms with E-state index in [4.69, 9.17) is 35.4 Å². The summed E-state index contributed by atoms with van der Waals surface area (Å²) in [7, 11) is 0. The van der Waals surface area contributed by atoms with E-state index in [0.717, 1.165) is 11.8 Å². The maximum atomic E-state index is 12.7. The van der Waals surface area contributed by atoms with Crippen molar-refractivity contribution in [2.75, 3.05) is 11.9 Å². The molecule has 0 aromatic heterocycles. The van der Waals surface area contributed by atoms with Gasteiger partial charge >= 0.3 is 0 Å². The highest BCUT2D eigenvalue weighted by Crippen LogP contribution is 2.35. The normalized spacial score (nSPS) is 15.0. The van der Waals surface area contributed by atoms with Gasteiger partial charge in [0.25, 0.3) is 11.6 Å². The van der Waals surface area contributed by atoms with Crippen molar-refractivity contribution >= 4 is 80.8 Å². The first-order valence-electron chi connectivity index (χ1n) is 8.50. The lowest BCUT2D eigenvalue weighted by Gasteiger charge is -2.14. The number of nitro benzene ring substituents is 1. The van der Waals surface area contributed by atoms with Gasteiger partial charge in [-0.15, -0.1) is 0 Å². The molecule has 1 aliphatic heterocycles. The van der Waals surface area contributed by atoms with Crippen molar-refractivity contribution in [1.82, 2.24) is 4.90 Å². The Hall–Kier alpha value is -2.46. The molecule has 30 heavy (non-hydrogen) atoms. The average Bonchev–Trinajstić information content (AvgIpc) is 2.97. The molecule has 1 N–H and O–H groups in total. The van der Waals surface area contributed by atoms with Crippen LogP contribution in [0.4, 0.5) is 11.4 Å². The van der Waals surface area contributed by atoms with E-state index in [1.165, 1.54) is 29.2 Å². The minimum Gasteiger partial charge on any atom is -0.326 e. The second kappa shape index (κ2) is 9.57. The number of amides is 2. The molecular formula is C19H13Cl2N3O4S2. The Morgan fingerprint density at radius 2 is 1.93 bits per heavy atom. The average molecular weight is 482 g/mol. The zero-order chi connectivity index (χ0) is 21.8. The second-order valence-electron chi connectivity index (χ2n) is 6.08. The van der Waals surface area contributed by atoms with E-state index < -0.39 is 4.92 Å². The fraction of sp³-hybridized carbons (Fsp3) is 0.105. The molecule has 0 radical (unpaired) electrons. The number of nitrogens with one attached hydrogen (secondary N) is 1. The van der Waals surface area contributed by atoms with Crippen LogP contribution in [0.2, 0.25) is 10.0 Å². The van der Waals surface area contributed by atoms with E-state index in [1.54, 1.807) is 24.3 Å². The predicted molar refractivity (Wildman–Crippen MR) is 123 cm³/mol. The summed E-state index contributed by atoms with van der Waals surface area (Å²) in [6, 6.07) is 10.6. The summed E-state index contributed by atoms with van der Waals surface area (Å²) in [5.41, 5.74) is 0.948. The summed E-state index contributed by atoms with van der Waals surface area (Å²) in [6.45, 7) is 0.101. The SMILES string of the molecule is O=C(CCN1C(=O)/C(=C/c2cccc(Cl)c2Cl)SC1=S)Nc1ccc([N+](=O)[O-])cc1. The lowest BCUT2D eigenvalue weighted by Crippen LogP contribution is -2.31. The van der Waals surface area contributed by atoms with Gasteiger partial charge in [-0.3, -0.25) is 24.6 Å². The van der Waals surface area contributed by atoms with Crippen molar-refractivity contribution in [3.05, 3.63) is 73.1 Å². The van der Waals surface area contributed by atoms with E-state index in [9.17, 15) is 19.7 Å². The van der Waals surface area contributed by atoms with Crippen LogP contribution in [0, 0.1) is 10.1 Å². The van der Waals surface area contributed by atoms with Crippen LogP contribution in [0.3, 0.4) is 0 Å². The first kappa shape index (κ1) is 22.2. The lowest BCUT2D eigenvalue weighted by molar-refractivity contribution is -0.384. The highest BCUT2D eigenvalue weighted by Gasteiger charge is 2.32. The third kappa shape index (κ3) is 5.17. The van der Waals surface area contributed by atoms with Crippen molar-refractivity contribution in [1.29, 1.82) is 0 Å². The summed E-state index contributed by atoms with van der Waals surface area (Å²) in [5.74, 6) is -0.663. The number of rotatable bonds is 6. The topological polar surface area (TPSA) is 92.6 Å². The van der Waals surface area contributed by atoms with Gasteiger partial charge in [0.1, 0.15) is 4.32 Å². The van der Waals surface area contributed by atoms with Crippen LogP contribution >= 0.6 is 47.2 Å². The smallest absolute Gasteiger partial charge is 0.269 e. The molecule has 0 aliphatic carbocycles. The maximum absolute atomic E-state index is 12.7. The molecule has 3 rings (SSSR count). The number of carbonyl (C=O) groups is 2. The Labute approximate surface area is 191 Å². The van der Waals surface area contributed by atoms with Crippen LogP contribution in [-0.2, 0) is 9.59 Å². The molecule has 2 aromatic rings. The number of thiocarbonyl (C=S) groups is 1. The molecule has 2 aromatic carbocycles. The second-order valence-corrected chi connectivity index (χ2v) is 8.54. The van der Waals surface area contributed by atoms with E-state index in [-0.39, 0.29) is 30.5 Å². The summed E-state index contributed by atoms with van der Waals surface area (Å²) in [6.07, 6.45) is 1.62. The predicted octanol–water partition coefficient (Wildman–Crippen LogP) is 5.13. The first-order valence-corrected chi connectivity index (χ1v) is 10.5. The van der Waals surface area contributed by atoms with E-state index >= 15 is 0 Å². The number of carbonyl (C=O) groups excluding carboxylic acids is 2. The van der Waals surface area contributed by atoms with Gasteiger partial charge in [-0.2, -0.15) is 0 Å². The van der Waals surface area contributed by atoms with E-state index in [2.05, 4.69) is 5.32 Å². The number of non-ortho nitro benzene ring substituents is 1. The number of hydrogen-bond acceptors (Lipinski definition) is 6. The van der Waals surface area contributed by atoms with Crippen molar-refractivity contribution in [2.24, 2.45) is 0 Å². The largest absolute Gasteiger partial charge is 0.326 e. The molecule has 0 saturated carbocycles. The van der Waals surface area contributed by atoms with Crippen LogP contribution in [0.5, 0.6) is 0 Å². The van der Waals surface area contributed by atoms with Gasteiger partial charge in [-0.1, -0.05) is 59.3 Å². The molecule has 0 unspecified atom stereocenters. The molecule has 1 heterocycles. The highest BCUT2D eigenvalue weighted by molar-refractivity contribution is 8.26. The minimum absolute atomic E-state index is 0.00856. The highest BCUT2D eigenvalue weighted by atomic mass is 35.5. The number of anilines is 1. The van der Waals surface area contributed by atoms with Crippen LogP contribution in [0.15, 0.2) is 47.4 Å². The van der Waals surface area contributed by atoms with Crippen molar-refractivity contribution in [2.45, 2.75) is 6.42 Å². The Kier molecular flexibility index (Phi) is 7.09. The first-order chi connectivity index (χ1) is 14.3. The van der Waals surface area contributed by atoms with Gasteiger partial charge in [-0.05, 0) is 29.8 Å². The van der Waals surface area contributed by atoms with Crippen LogP contribution in [0.25, 0.3) is 6.08 Å². The number of halogens is 2. The summed E-state index contributed by atoms with van der Waals surface area (Å²) in [5, 5.41) is 14.0. The molecule has 0 atom stereocenters. The number of thioether (sulfide) groups is 1. The monoisotopic (exact) mass is 481 g/mol. The number of nitro groups is 1. The number of nitrogens with zero attached hydrogens (tertiary/aromatic N) is 2. The molecule has 2 amide bonds. The van der Waals surface area contributed by atoms with Crippen LogP contribution < -0.4 is 5.32 Å². The van der Waals surface area contributed by atoms with Crippen LogP contribution in [0.1, 0.15) is 12.0 Å². The molecule has 154 valence electrons. The third-order valence-electron chi connectivity index (χ3n) is 4.07. The van der Waals surface area contributed by atoms with Crippen molar-refractivity contribution in [3.8, 4) is 0 Å². The van der Waals surface area contributed by atoms with Gasteiger partial charge in [0.05, 0.1) is 19.9 Å². The molecular weight excluding hydrogens is 469 g/mol. The van der Waals surface area contributed by atoms with E-state index in [0.29, 0.717) is 30.5 Å². The number of benzene rings is 2. The van der Waals surface area contributed by atoms with Crippen molar-refractivity contribution in [3.63, 3.8) is 0 Å². The third-order valence-corrected chi connectivity index (χ3v) is 6.28. The molecule has 1 aliphatic rings. The van der Waals surface area contributed by atoms with Gasteiger partial charge in [0.2, 0.25) is 5.91 Å². The summed E-state index contributed by atoms with van der Waals surface area (Å²) < 4.78 is 0.340. The van der Waals surface area contributed by atoms with E-state index in [1.807, 2.05) is 0 Å². The lowest BCUT2D eigenvalue weighted by atomic mass is 10.2. The molecule has 0 spiro atoms. The zero-order valence-electron chi connectivity index (χ0n) is 15.1. The summed E-state index contributed by atoms with van der Waals surface area (Å²) in [4.78, 5) is 36.7. The van der Waals surface area contributed by atoms with Crippen LogP contribution in [-0.4, -0.2) is 32.5 Å². The molecule has 7 nitrogen and oxygen atoms in total.